The number of carbonyl (C=O) groups is 2. The van der Waals surface area contributed by atoms with E-state index in [1.54, 1.807) is 4.90 Å². The molecule has 1 saturated heterocycles. The SMILES string of the molecule is CN.CN1CCN(C(=O)CCC(=O)O)CC1. The quantitative estimate of drug-likeness (QED) is 0.664. The summed E-state index contributed by atoms with van der Waals surface area (Å²) in [6.07, 6.45) is 0.0597. The number of piperazine rings is 1. The molecular formula is C10H21N3O3. The molecule has 1 amide bonds. The Labute approximate surface area is 96.0 Å². The van der Waals surface area contributed by atoms with Gasteiger partial charge in [0.1, 0.15) is 0 Å². The van der Waals surface area contributed by atoms with Crippen LogP contribution in [0.4, 0.5) is 0 Å². The van der Waals surface area contributed by atoms with Gasteiger partial charge in [0.2, 0.25) is 5.91 Å². The summed E-state index contributed by atoms with van der Waals surface area (Å²) in [6, 6.07) is 0. The van der Waals surface area contributed by atoms with Crippen molar-refractivity contribution >= 4 is 11.9 Å². The zero-order valence-electron chi connectivity index (χ0n) is 9.98. The van der Waals surface area contributed by atoms with Crippen molar-refractivity contribution in [1.29, 1.82) is 0 Å². The van der Waals surface area contributed by atoms with Gasteiger partial charge in [-0.15, -0.1) is 0 Å². The molecule has 1 heterocycles. The minimum absolute atomic E-state index is 0.0412. The lowest BCUT2D eigenvalue weighted by atomic mass is 10.2. The standard InChI is InChI=1S/C9H16N2O3.CH5N/c1-10-4-6-11(7-5-10)8(12)2-3-9(13)14;1-2/h2-7H2,1H3,(H,13,14);2H2,1H3. The second-order valence-corrected chi connectivity index (χ2v) is 3.58. The van der Waals surface area contributed by atoms with Crippen LogP contribution >= 0.6 is 0 Å². The van der Waals surface area contributed by atoms with Crippen molar-refractivity contribution in [3.8, 4) is 0 Å². The Bertz CT molecular complexity index is 225. The van der Waals surface area contributed by atoms with E-state index >= 15 is 0 Å². The predicted molar refractivity (Wildman–Crippen MR) is 61.1 cm³/mol. The number of aliphatic carboxylic acids is 1. The molecule has 0 bridgehead atoms. The Hall–Kier alpha value is -1.14. The lowest BCUT2D eigenvalue weighted by molar-refractivity contribution is -0.141. The van der Waals surface area contributed by atoms with Crippen LogP contribution in [-0.2, 0) is 9.59 Å². The zero-order valence-corrected chi connectivity index (χ0v) is 9.98. The van der Waals surface area contributed by atoms with Gasteiger partial charge in [0.05, 0.1) is 6.42 Å². The minimum Gasteiger partial charge on any atom is -0.481 e. The topological polar surface area (TPSA) is 86.9 Å². The van der Waals surface area contributed by atoms with Crippen molar-refractivity contribution < 1.29 is 14.7 Å². The molecule has 0 aromatic carbocycles. The van der Waals surface area contributed by atoms with E-state index in [0.29, 0.717) is 0 Å². The number of hydrogen-bond donors (Lipinski definition) is 2. The number of nitrogens with two attached hydrogens (primary N) is 1. The first kappa shape index (κ1) is 14.9. The number of hydrogen-bond acceptors (Lipinski definition) is 4. The molecule has 0 aromatic heterocycles. The smallest absolute Gasteiger partial charge is 0.303 e. The average Bonchev–Trinajstić information content (AvgIpc) is 2.29. The van der Waals surface area contributed by atoms with Gasteiger partial charge in [-0.2, -0.15) is 0 Å². The molecule has 94 valence electrons. The highest BCUT2D eigenvalue weighted by molar-refractivity contribution is 5.80. The van der Waals surface area contributed by atoms with Crippen molar-refractivity contribution in [1.82, 2.24) is 9.80 Å². The molecule has 0 unspecified atom stereocenters. The lowest BCUT2D eigenvalue weighted by Gasteiger charge is -2.32. The van der Waals surface area contributed by atoms with Gasteiger partial charge in [-0.3, -0.25) is 9.59 Å². The fourth-order valence-electron chi connectivity index (χ4n) is 1.43. The first-order chi connectivity index (χ1) is 7.59. The molecule has 1 aliphatic rings. The summed E-state index contributed by atoms with van der Waals surface area (Å²) in [7, 11) is 3.51. The van der Waals surface area contributed by atoms with Crippen LogP contribution in [-0.4, -0.2) is 67.1 Å². The molecule has 0 spiro atoms. The first-order valence-electron chi connectivity index (χ1n) is 5.35. The summed E-state index contributed by atoms with van der Waals surface area (Å²) in [5.74, 6) is -0.951. The highest BCUT2D eigenvalue weighted by Crippen LogP contribution is 2.03. The second-order valence-electron chi connectivity index (χ2n) is 3.58. The van der Waals surface area contributed by atoms with E-state index in [4.69, 9.17) is 5.11 Å². The van der Waals surface area contributed by atoms with Crippen molar-refractivity contribution in [3.05, 3.63) is 0 Å². The maximum atomic E-state index is 11.5. The predicted octanol–water partition coefficient (Wildman–Crippen LogP) is -0.800. The average molecular weight is 231 g/mol. The summed E-state index contributed by atoms with van der Waals surface area (Å²) < 4.78 is 0. The summed E-state index contributed by atoms with van der Waals surface area (Å²) in [5, 5.41) is 8.42. The van der Waals surface area contributed by atoms with E-state index in [-0.39, 0.29) is 18.7 Å². The third-order valence-corrected chi connectivity index (χ3v) is 2.41. The fourth-order valence-corrected chi connectivity index (χ4v) is 1.43. The van der Waals surface area contributed by atoms with Crippen LogP contribution in [0.2, 0.25) is 0 Å². The molecule has 1 fully saturated rings. The Morgan fingerprint density at radius 2 is 1.62 bits per heavy atom. The summed E-state index contributed by atoms with van der Waals surface area (Å²) in [4.78, 5) is 25.6. The Kier molecular flexibility index (Phi) is 7.49. The normalized spacial score (nSPS) is 16.3. The summed E-state index contributed by atoms with van der Waals surface area (Å²) in [6.45, 7) is 3.18. The van der Waals surface area contributed by atoms with E-state index in [2.05, 4.69) is 10.6 Å². The molecule has 0 saturated carbocycles. The van der Waals surface area contributed by atoms with Crippen LogP contribution in [0.5, 0.6) is 0 Å². The molecule has 0 aliphatic carbocycles. The van der Waals surface area contributed by atoms with Gasteiger partial charge in [-0.25, -0.2) is 0 Å². The number of rotatable bonds is 3. The zero-order chi connectivity index (χ0) is 12.6. The van der Waals surface area contributed by atoms with Crippen LogP contribution in [0.3, 0.4) is 0 Å². The van der Waals surface area contributed by atoms with Crippen molar-refractivity contribution in [2.24, 2.45) is 5.73 Å². The van der Waals surface area contributed by atoms with Gasteiger partial charge in [0, 0.05) is 32.6 Å². The number of carboxylic acids is 1. The van der Waals surface area contributed by atoms with Crippen molar-refractivity contribution in [3.63, 3.8) is 0 Å². The molecule has 0 atom stereocenters. The number of carbonyl (C=O) groups excluding carboxylic acids is 1. The molecule has 6 nitrogen and oxygen atoms in total. The van der Waals surface area contributed by atoms with E-state index < -0.39 is 5.97 Å². The highest BCUT2D eigenvalue weighted by Gasteiger charge is 2.18. The third-order valence-electron chi connectivity index (χ3n) is 2.41. The second kappa shape index (κ2) is 8.06. The number of nitrogens with zero attached hydrogens (tertiary/aromatic N) is 2. The highest BCUT2D eigenvalue weighted by atomic mass is 16.4. The van der Waals surface area contributed by atoms with Gasteiger partial charge in [-0.1, -0.05) is 0 Å². The summed E-state index contributed by atoms with van der Waals surface area (Å²) in [5.41, 5.74) is 4.50. The van der Waals surface area contributed by atoms with E-state index in [1.165, 1.54) is 7.05 Å². The van der Waals surface area contributed by atoms with Gasteiger partial charge >= 0.3 is 5.97 Å². The molecule has 1 aliphatic heterocycles. The number of likely N-dealkylation sites (N-methyl/N-ethyl adjacent to an activating group) is 1. The number of carboxylic acid groups (broad SMARTS) is 1. The maximum absolute atomic E-state index is 11.5. The largest absolute Gasteiger partial charge is 0.481 e. The molecule has 3 N–H and O–H groups in total. The van der Waals surface area contributed by atoms with Gasteiger partial charge < -0.3 is 20.6 Å². The van der Waals surface area contributed by atoms with E-state index in [0.717, 1.165) is 26.2 Å². The molecule has 1 rings (SSSR count). The summed E-state index contributed by atoms with van der Waals surface area (Å²) >= 11 is 0. The Morgan fingerprint density at radius 1 is 1.12 bits per heavy atom. The lowest BCUT2D eigenvalue weighted by Crippen LogP contribution is -2.47. The molecule has 16 heavy (non-hydrogen) atoms. The van der Waals surface area contributed by atoms with Crippen molar-refractivity contribution in [2.75, 3.05) is 40.3 Å². The number of amides is 1. The van der Waals surface area contributed by atoms with Gasteiger partial charge in [-0.05, 0) is 14.1 Å². The molecule has 0 radical (unpaired) electrons. The van der Waals surface area contributed by atoms with Crippen LogP contribution < -0.4 is 5.73 Å². The monoisotopic (exact) mass is 231 g/mol. The molecule has 6 heteroatoms. The van der Waals surface area contributed by atoms with Crippen LogP contribution in [0.25, 0.3) is 0 Å². The Morgan fingerprint density at radius 3 is 2.06 bits per heavy atom. The molecule has 0 aromatic rings. The van der Waals surface area contributed by atoms with E-state index in [1.807, 2.05) is 7.05 Å². The van der Waals surface area contributed by atoms with Gasteiger partial charge in [0.15, 0.2) is 0 Å². The van der Waals surface area contributed by atoms with Crippen molar-refractivity contribution in [2.45, 2.75) is 12.8 Å². The van der Waals surface area contributed by atoms with Crippen LogP contribution in [0.1, 0.15) is 12.8 Å². The molecular weight excluding hydrogens is 210 g/mol. The van der Waals surface area contributed by atoms with Crippen LogP contribution in [0.15, 0.2) is 0 Å². The minimum atomic E-state index is -0.910. The van der Waals surface area contributed by atoms with E-state index in [9.17, 15) is 9.59 Å². The van der Waals surface area contributed by atoms with Gasteiger partial charge in [0.25, 0.3) is 0 Å². The van der Waals surface area contributed by atoms with Crippen LogP contribution in [0, 0.1) is 0 Å². The fraction of sp³-hybridized carbons (Fsp3) is 0.800. The maximum Gasteiger partial charge on any atom is 0.303 e. The Balaban J connectivity index is 0.00000106. The third kappa shape index (κ3) is 5.67. The first-order valence-corrected chi connectivity index (χ1v) is 5.35.